The Kier molecular flexibility index (Phi) is 1.26. The highest BCUT2D eigenvalue weighted by Gasteiger charge is 2.01. The molecule has 4 N–H and O–H groups in total. The summed E-state index contributed by atoms with van der Waals surface area (Å²) in [7, 11) is 0. The van der Waals surface area contributed by atoms with Crippen LogP contribution in [-0.2, 0) is 0 Å². The van der Waals surface area contributed by atoms with Gasteiger partial charge in [-0.15, -0.1) is 0 Å². The van der Waals surface area contributed by atoms with Crippen molar-refractivity contribution in [3.63, 3.8) is 0 Å². The van der Waals surface area contributed by atoms with Crippen molar-refractivity contribution in [1.82, 2.24) is 16.3 Å². The monoisotopic (exact) mass is 101 g/mol. The lowest BCUT2D eigenvalue weighted by Crippen LogP contribution is -2.39. The first kappa shape index (κ1) is 4.58. The highest BCUT2D eigenvalue weighted by molar-refractivity contribution is 4.93. The third-order valence-electron chi connectivity index (χ3n) is 0.750. The fourth-order valence-electron chi connectivity index (χ4n) is 0.406. The Morgan fingerprint density at radius 1 is 1.71 bits per heavy atom. The number of nitrogens with one attached hydrogen (secondary N) is 3. The molecule has 0 saturated heterocycles. The van der Waals surface area contributed by atoms with Crippen molar-refractivity contribution in [2.24, 2.45) is 0 Å². The van der Waals surface area contributed by atoms with Crippen LogP contribution in [0.15, 0.2) is 12.3 Å². The highest BCUT2D eigenvalue weighted by atomic mass is 16.5. The van der Waals surface area contributed by atoms with Crippen molar-refractivity contribution < 1.29 is 5.21 Å². The molecular formula is C3H7N3O. The van der Waals surface area contributed by atoms with E-state index in [9.17, 15) is 0 Å². The lowest BCUT2D eigenvalue weighted by Gasteiger charge is -2.02. The molecule has 1 heterocycles. The van der Waals surface area contributed by atoms with Gasteiger partial charge < -0.3 is 10.6 Å². The minimum absolute atomic E-state index is 0.139. The molecule has 0 saturated carbocycles. The number of hydrogen-bond acceptors (Lipinski definition) is 4. The minimum Gasteiger partial charge on any atom is -0.327 e. The first-order valence-electron chi connectivity index (χ1n) is 2.01. The summed E-state index contributed by atoms with van der Waals surface area (Å²) < 4.78 is 0. The molecule has 40 valence electrons. The Morgan fingerprint density at radius 3 is 2.86 bits per heavy atom. The molecule has 1 atom stereocenters. The molecular weight excluding hydrogens is 94.1 g/mol. The van der Waals surface area contributed by atoms with Gasteiger partial charge in [0, 0.05) is 6.20 Å². The van der Waals surface area contributed by atoms with Crippen LogP contribution in [0.2, 0.25) is 0 Å². The van der Waals surface area contributed by atoms with Crippen LogP contribution in [0.1, 0.15) is 0 Å². The van der Waals surface area contributed by atoms with E-state index in [1.165, 1.54) is 0 Å². The SMILES string of the molecule is ONC1C=CNN1. The van der Waals surface area contributed by atoms with E-state index in [1.807, 2.05) is 5.48 Å². The maximum absolute atomic E-state index is 8.16. The average Bonchev–Trinajstić information content (AvgIpc) is 2.14. The van der Waals surface area contributed by atoms with Gasteiger partial charge in [-0.25, -0.2) is 5.43 Å². The molecule has 0 amide bonds. The number of hydrogen-bond donors (Lipinski definition) is 4. The van der Waals surface area contributed by atoms with Crippen LogP contribution in [0.4, 0.5) is 0 Å². The van der Waals surface area contributed by atoms with Gasteiger partial charge >= 0.3 is 0 Å². The summed E-state index contributed by atoms with van der Waals surface area (Å²) in [5.74, 6) is 0. The molecule has 1 rings (SSSR count). The second kappa shape index (κ2) is 1.92. The molecule has 0 aromatic heterocycles. The van der Waals surface area contributed by atoms with Crippen molar-refractivity contribution in [1.29, 1.82) is 0 Å². The van der Waals surface area contributed by atoms with Gasteiger partial charge in [0.2, 0.25) is 0 Å². The Morgan fingerprint density at radius 2 is 2.57 bits per heavy atom. The predicted molar refractivity (Wildman–Crippen MR) is 24.1 cm³/mol. The molecule has 0 bridgehead atoms. The van der Waals surface area contributed by atoms with Gasteiger partial charge in [0.05, 0.1) is 0 Å². The molecule has 7 heavy (non-hydrogen) atoms. The largest absolute Gasteiger partial charge is 0.327 e. The van der Waals surface area contributed by atoms with Gasteiger partial charge in [-0.3, -0.25) is 0 Å². The molecule has 1 aliphatic rings. The van der Waals surface area contributed by atoms with E-state index in [0.717, 1.165) is 0 Å². The zero-order valence-corrected chi connectivity index (χ0v) is 3.68. The number of hydroxylamine groups is 1. The third kappa shape index (κ3) is 0.894. The molecule has 1 unspecified atom stereocenters. The summed E-state index contributed by atoms with van der Waals surface area (Å²) in [6.07, 6.45) is 3.31. The van der Waals surface area contributed by atoms with E-state index in [2.05, 4.69) is 10.9 Å². The van der Waals surface area contributed by atoms with Crippen molar-refractivity contribution in [2.45, 2.75) is 6.17 Å². The van der Waals surface area contributed by atoms with Gasteiger partial charge in [-0.1, -0.05) is 0 Å². The molecule has 0 spiro atoms. The summed E-state index contributed by atoms with van der Waals surface area (Å²) in [4.78, 5) is 0. The molecule has 0 aliphatic carbocycles. The lowest BCUT2D eigenvalue weighted by atomic mass is 10.5. The smallest absolute Gasteiger partial charge is 0.118 e. The quantitative estimate of drug-likeness (QED) is 0.317. The molecule has 0 aromatic rings. The van der Waals surface area contributed by atoms with Crippen LogP contribution in [-0.4, -0.2) is 11.4 Å². The summed E-state index contributed by atoms with van der Waals surface area (Å²) in [5, 5.41) is 8.16. The molecule has 1 aliphatic heterocycles. The first-order valence-corrected chi connectivity index (χ1v) is 2.01. The van der Waals surface area contributed by atoms with Gasteiger partial charge in [-0.05, 0) is 6.08 Å². The molecule has 4 heteroatoms. The topological polar surface area (TPSA) is 56.3 Å². The molecule has 4 nitrogen and oxygen atoms in total. The first-order chi connectivity index (χ1) is 3.43. The van der Waals surface area contributed by atoms with Crippen LogP contribution in [0, 0.1) is 0 Å². The van der Waals surface area contributed by atoms with Crippen molar-refractivity contribution in [3.05, 3.63) is 12.3 Å². The van der Waals surface area contributed by atoms with E-state index in [4.69, 9.17) is 5.21 Å². The van der Waals surface area contributed by atoms with Crippen LogP contribution in [0.25, 0.3) is 0 Å². The molecule has 0 aromatic carbocycles. The Bertz CT molecular complexity index is 82.2. The molecule has 0 fully saturated rings. The summed E-state index contributed by atoms with van der Waals surface area (Å²) in [6, 6.07) is 0. The summed E-state index contributed by atoms with van der Waals surface area (Å²) in [6.45, 7) is 0. The fraction of sp³-hybridized carbons (Fsp3) is 0.333. The Balaban J connectivity index is 2.28. The second-order valence-corrected chi connectivity index (χ2v) is 1.25. The minimum atomic E-state index is -0.139. The number of rotatable bonds is 1. The Hall–Kier alpha value is -0.580. The number of hydrazine groups is 1. The maximum Gasteiger partial charge on any atom is 0.118 e. The maximum atomic E-state index is 8.16. The van der Waals surface area contributed by atoms with E-state index >= 15 is 0 Å². The van der Waals surface area contributed by atoms with Crippen LogP contribution in [0.5, 0.6) is 0 Å². The van der Waals surface area contributed by atoms with Crippen molar-refractivity contribution in [2.75, 3.05) is 0 Å². The van der Waals surface area contributed by atoms with E-state index in [-0.39, 0.29) is 6.17 Å². The van der Waals surface area contributed by atoms with E-state index in [1.54, 1.807) is 12.3 Å². The average molecular weight is 101 g/mol. The van der Waals surface area contributed by atoms with Gasteiger partial charge in [0.15, 0.2) is 0 Å². The zero-order valence-electron chi connectivity index (χ0n) is 3.68. The zero-order chi connectivity index (χ0) is 5.11. The van der Waals surface area contributed by atoms with Gasteiger partial charge in [-0.2, -0.15) is 5.48 Å². The van der Waals surface area contributed by atoms with Gasteiger partial charge in [0.1, 0.15) is 6.17 Å². The third-order valence-corrected chi connectivity index (χ3v) is 0.750. The lowest BCUT2D eigenvalue weighted by molar-refractivity contribution is 0.130. The van der Waals surface area contributed by atoms with Gasteiger partial charge in [0.25, 0.3) is 0 Å². The standard InChI is InChI=1S/C3H7N3O/c7-6-3-1-2-4-5-3/h1-7H. The normalized spacial score (nSPS) is 27.9. The second-order valence-electron chi connectivity index (χ2n) is 1.25. The molecule has 0 radical (unpaired) electrons. The highest BCUT2D eigenvalue weighted by Crippen LogP contribution is 1.81. The van der Waals surface area contributed by atoms with Crippen LogP contribution < -0.4 is 16.3 Å². The van der Waals surface area contributed by atoms with Crippen LogP contribution in [0.3, 0.4) is 0 Å². The Labute approximate surface area is 41.1 Å². The fourth-order valence-corrected chi connectivity index (χ4v) is 0.406. The van der Waals surface area contributed by atoms with E-state index < -0.39 is 0 Å². The van der Waals surface area contributed by atoms with Crippen molar-refractivity contribution >= 4 is 0 Å². The van der Waals surface area contributed by atoms with E-state index in [0.29, 0.717) is 0 Å². The van der Waals surface area contributed by atoms with Crippen LogP contribution >= 0.6 is 0 Å². The summed E-state index contributed by atoms with van der Waals surface area (Å²) in [5.41, 5.74) is 7.36. The summed E-state index contributed by atoms with van der Waals surface area (Å²) >= 11 is 0. The predicted octanol–water partition coefficient (Wildman–Crippen LogP) is -1.09. The van der Waals surface area contributed by atoms with Crippen molar-refractivity contribution in [3.8, 4) is 0 Å².